The zero-order chi connectivity index (χ0) is 31.7. The van der Waals surface area contributed by atoms with E-state index in [2.05, 4.69) is 48.3 Å². The van der Waals surface area contributed by atoms with Gasteiger partial charge in [-0.15, -0.1) is 10.2 Å². The van der Waals surface area contributed by atoms with Gasteiger partial charge in [-0.3, -0.25) is 14.5 Å². The van der Waals surface area contributed by atoms with E-state index in [0.29, 0.717) is 38.6 Å². The van der Waals surface area contributed by atoms with E-state index in [4.69, 9.17) is 9.47 Å². The van der Waals surface area contributed by atoms with Crippen molar-refractivity contribution in [3.8, 4) is 11.5 Å². The van der Waals surface area contributed by atoms with Crippen LogP contribution < -0.4 is 14.4 Å². The van der Waals surface area contributed by atoms with Crippen molar-refractivity contribution in [3.63, 3.8) is 0 Å². The first kappa shape index (κ1) is 30.4. The van der Waals surface area contributed by atoms with Crippen molar-refractivity contribution in [2.45, 2.75) is 35.9 Å². The van der Waals surface area contributed by atoms with Gasteiger partial charge in [0.15, 0.2) is 15.8 Å². The largest absolute Gasteiger partial charge is 0.507 e. The Morgan fingerprint density at radius 2 is 1.67 bits per heavy atom. The molecule has 1 aromatic heterocycles. The van der Waals surface area contributed by atoms with E-state index in [9.17, 15) is 14.7 Å². The maximum Gasteiger partial charge on any atom is 0.301 e. The summed E-state index contributed by atoms with van der Waals surface area (Å²) in [6.45, 7) is 4.19. The van der Waals surface area contributed by atoms with Crippen molar-refractivity contribution in [2.24, 2.45) is 0 Å². The van der Waals surface area contributed by atoms with Crippen LogP contribution in [0.15, 0.2) is 94.8 Å². The highest BCUT2D eigenvalue weighted by atomic mass is 32.2. The quantitative estimate of drug-likeness (QED) is 0.0576. The van der Waals surface area contributed by atoms with Crippen molar-refractivity contribution < 1.29 is 24.2 Å². The number of methoxy groups -OCH3 is 2. The molecule has 0 unspecified atom stereocenters. The van der Waals surface area contributed by atoms with Crippen LogP contribution in [0.5, 0.6) is 11.5 Å². The topological polar surface area (TPSA) is 102 Å². The first-order valence-corrected chi connectivity index (χ1v) is 16.2. The number of nitrogens with zero attached hydrogens (tertiary/aromatic N) is 3. The van der Waals surface area contributed by atoms with Gasteiger partial charge in [0.2, 0.25) is 5.13 Å². The molecule has 0 bridgehead atoms. The summed E-state index contributed by atoms with van der Waals surface area (Å²) in [7, 11) is 3.00. The molecule has 1 atom stereocenters. The van der Waals surface area contributed by atoms with E-state index in [-0.39, 0.29) is 16.5 Å². The third-order valence-corrected chi connectivity index (χ3v) is 9.96. The molecular formula is C35H31N3O5S2. The SMILES string of the molecule is COc1ccc(C(O)=C2C(=O)C(=O)N(c3nnc(SCc4cccc5ccccc45)s3)[C@H]2c2ccc(C(C)C)cc2)cc1OC. The smallest absolute Gasteiger partial charge is 0.301 e. The number of hydrogen-bond donors (Lipinski definition) is 1. The van der Waals surface area contributed by atoms with E-state index in [0.717, 1.165) is 16.5 Å². The lowest BCUT2D eigenvalue weighted by atomic mass is 9.93. The molecule has 0 spiro atoms. The summed E-state index contributed by atoms with van der Waals surface area (Å²) in [5, 5.41) is 22.9. The molecule has 4 aromatic carbocycles. The molecule has 228 valence electrons. The summed E-state index contributed by atoms with van der Waals surface area (Å²) in [6, 6.07) is 26.1. The number of amides is 1. The molecule has 1 aliphatic rings. The van der Waals surface area contributed by atoms with Crippen molar-refractivity contribution in [1.29, 1.82) is 0 Å². The lowest BCUT2D eigenvalue weighted by Crippen LogP contribution is -2.29. The van der Waals surface area contributed by atoms with Crippen molar-refractivity contribution in [1.82, 2.24) is 10.2 Å². The molecule has 8 nitrogen and oxygen atoms in total. The number of carbonyl (C=O) groups excluding carboxylic acids is 2. The molecule has 1 saturated heterocycles. The summed E-state index contributed by atoms with van der Waals surface area (Å²) in [5.41, 5.74) is 3.22. The molecule has 5 aromatic rings. The van der Waals surface area contributed by atoms with Crippen LogP contribution in [0.2, 0.25) is 0 Å². The number of anilines is 1. The number of fused-ring (bicyclic) bond motifs is 1. The van der Waals surface area contributed by atoms with Gasteiger partial charge in [-0.1, -0.05) is 104 Å². The fourth-order valence-electron chi connectivity index (χ4n) is 5.46. The minimum atomic E-state index is -0.914. The number of benzene rings is 4. The molecular weight excluding hydrogens is 607 g/mol. The number of Topliss-reactive ketones (excluding diaryl/α,β-unsaturated/α-hetero) is 1. The first-order chi connectivity index (χ1) is 21.8. The zero-order valence-corrected chi connectivity index (χ0v) is 26.8. The molecule has 1 aliphatic heterocycles. The number of ether oxygens (including phenoxy) is 2. The Morgan fingerprint density at radius 1 is 0.933 bits per heavy atom. The Bertz CT molecular complexity index is 1930. The lowest BCUT2D eigenvalue weighted by Gasteiger charge is -2.23. The van der Waals surface area contributed by atoms with E-state index in [1.54, 1.807) is 18.2 Å². The summed E-state index contributed by atoms with van der Waals surface area (Å²) < 4.78 is 11.4. The van der Waals surface area contributed by atoms with Crippen LogP contribution in [-0.2, 0) is 15.3 Å². The van der Waals surface area contributed by atoms with Crippen LogP contribution >= 0.6 is 23.1 Å². The Labute approximate surface area is 269 Å². The summed E-state index contributed by atoms with van der Waals surface area (Å²) >= 11 is 2.76. The number of thioether (sulfide) groups is 1. The highest BCUT2D eigenvalue weighted by Gasteiger charge is 2.48. The van der Waals surface area contributed by atoms with Gasteiger partial charge in [-0.25, -0.2) is 0 Å². The van der Waals surface area contributed by atoms with Gasteiger partial charge in [-0.2, -0.15) is 0 Å². The van der Waals surface area contributed by atoms with Gasteiger partial charge in [-0.05, 0) is 51.6 Å². The van der Waals surface area contributed by atoms with Gasteiger partial charge < -0.3 is 14.6 Å². The van der Waals surface area contributed by atoms with Crippen molar-refractivity contribution in [2.75, 3.05) is 19.1 Å². The number of aliphatic hydroxyl groups is 1. The number of ketones is 1. The molecule has 1 fully saturated rings. The van der Waals surface area contributed by atoms with Crippen LogP contribution in [-0.4, -0.2) is 41.2 Å². The molecule has 1 amide bonds. The number of hydrogen-bond acceptors (Lipinski definition) is 9. The average molecular weight is 638 g/mol. The average Bonchev–Trinajstić information content (AvgIpc) is 3.64. The fraction of sp³-hybridized carbons (Fsp3) is 0.200. The molecule has 0 aliphatic carbocycles. The molecule has 45 heavy (non-hydrogen) atoms. The predicted octanol–water partition coefficient (Wildman–Crippen LogP) is 7.75. The van der Waals surface area contributed by atoms with Gasteiger partial charge in [0.05, 0.1) is 25.8 Å². The number of aromatic nitrogens is 2. The van der Waals surface area contributed by atoms with Gasteiger partial charge in [0, 0.05) is 11.3 Å². The van der Waals surface area contributed by atoms with E-state index >= 15 is 0 Å². The van der Waals surface area contributed by atoms with E-state index in [1.165, 1.54) is 47.6 Å². The fourth-order valence-corrected chi connectivity index (χ4v) is 7.33. The van der Waals surface area contributed by atoms with Crippen LogP contribution in [0.3, 0.4) is 0 Å². The normalized spacial score (nSPS) is 16.1. The summed E-state index contributed by atoms with van der Waals surface area (Å²) in [5.74, 6) is -0.0966. The second-order valence-electron chi connectivity index (χ2n) is 10.8. The highest BCUT2D eigenvalue weighted by Crippen LogP contribution is 2.45. The molecule has 0 saturated carbocycles. The third kappa shape index (κ3) is 5.79. The van der Waals surface area contributed by atoms with Crippen LogP contribution in [0.1, 0.15) is 48.1 Å². The second kappa shape index (κ2) is 12.7. The minimum absolute atomic E-state index is 0.0373. The standard InChI is InChI=1S/C35H31N3O5S2/c1-20(2)21-12-14-23(15-13-21)30-29(31(39)24-16-17-27(42-3)28(18-24)43-4)32(40)33(41)38(30)34-36-37-35(45-34)44-19-25-10-7-9-22-8-5-6-11-26(22)25/h5-18,20,30,39H,19H2,1-4H3/t30-/m0/s1. The first-order valence-electron chi connectivity index (χ1n) is 14.4. The predicted molar refractivity (Wildman–Crippen MR) is 178 cm³/mol. The Hall–Kier alpha value is -4.67. The molecule has 10 heteroatoms. The van der Waals surface area contributed by atoms with Crippen molar-refractivity contribution >= 4 is 56.5 Å². The van der Waals surface area contributed by atoms with Gasteiger partial charge in [0.25, 0.3) is 5.78 Å². The zero-order valence-electron chi connectivity index (χ0n) is 25.2. The van der Waals surface area contributed by atoms with E-state index < -0.39 is 17.7 Å². The lowest BCUT2D eigenvalue weighted by molar-refractivity contribution is -0.132. The number of rotatable bonds is 9. The number of aliphatic hydroxyl groups excluding tert-OH is 1. The molecule has 0 radical (unpaired) electrons. The maximum absolute atomic E-state index is 13.7. The molecule has 6 rings (SSSR count). The highest BCUT2D eigenvalue weighted by molar-refractivity contribution is 8.00. The molecule has 2 heterocycles. The number of carbonyl (C=O) groups is 2. The Balaban J connectivity index is 1.39. The van der Waals surface area contributed by atoms with Crippen molar-refractivity contribution in [3.05, 3.63) is 113 Å². The summed E-state index contributed by atoms with van der Waals surface area (Å²) in [6.07, 6.45) is 0. The van der Waals surface area contributed by atoms with Gasteiger partial charge >= 0.3 is 5.91 Å². The summed E-state index contributed by atoms with van der Waals surface area (Å²) in [4.78, 5) is 28.7. The Morgan fingerprint density at radius 3 is 2.40 bits per heavy atom. The van der Waals surface area contributed by atoms with Crippen LogP contribution in [0.4, 0.5) is 5.13 Å². The second-order valence-corrected chi connectivity index (χ2v) is 13.0. The van der Waals surface area contributed by atoms with E-state index in [1.807, 2.05) is 42.5 Å². The maximum atomic E-state index is 13.7. The Kier molecular flexibility index (Phi) is 8.60. The molecule has 1 N–H and O–H groups in total. The monoisotopic (exact) mass is 637 g/mol. The third-order valence-electron chi connectivity index (χ3n) is 7.85. The van der Waals surface area contributed by atoms with Gasteiger partial charge in [0.1, 0.15) is 5.76 Å². The minimum Gasteiger partial charge on any atom is -0.507 e. The van der Waals surface area contributed by atoms with Crippen LogP contribution in [0, 0.1) is 0 Å². The van der Waals surface area contributed by atoms with Crippen LogP contribution in [0.25, 0.3) is 16.5 Å².